The van der Waals surface area contributed by atoms with Gasteiger partial charge in [0.15, 0.2) is 11.6 Å². The van der Waals surface area contributed by atoms with Gasteiger partial charge in [-0.25, -0.2) is 8.78 Å². The van der Waals surface area contributed by atoms with Crippen molar-refractivity contribution in [2.75, 3.05) is 13.2 Å². The van der Waals surface area contributed by atoms with Gasteiger partial charge in [-0.1, -0.05) is 0 Å². The van der Waals surface area contributed by atoms with Gasteiger partial charge < -0.3 is 10.2 Å². The topological polar surface area (TPSA) is 40.5 Å². The molecular weight excluding hydrogens is 190 g/mol. The van der Waals surface area contributed by atoms with Crippen LogP contribution in [-0.4, -0.2) is 23.4 Å². The average molecular weight is 202 g/mol. The molecule has 0 aromatic heterocycles. The third-order valence-electron chi connectivity index (χ3n) is 2.00. The zero-order valence-corrected chi connectivity index (χ0v) is 7.63. The fourth-order valence-corrected chi connectivity index (χ4v) is 1.34. The monoisotopic (exact) mass is 202 g/mol. The third-order valence-corrected chi connectivity index (χ3v) is 2.00. The van der Waals surface area contributed by atoms with E-state index in [-0.39, 0.29) is 26.1 Å². The summed E-state index contributed by atoms with van der Waals surface area (Å²) >= 11 is 0. The lowest BCUT2D eigenvalue weighted by Gasteiger charge is -2.07. The molecule has 0 radical (unpaired) electrons. The lowest BCUT2D eigenvalue weighted by Crippen LogP contribution is -2.03. The second-order valence-electron chi connectivity index (χ2n) is 2.98. The van der Waals surface area contributed by atoms with E-state index < -0.39 is 11.6 Å². The SMILES string of the molecule is OCCc1cc(F)c(F)cc1CCO. The molecule has 0 aliphatic heterocycles. The van der Waals surface area contributed by atoms with Crippen LogP contribution in [0.25, 0.3) is 0 Å². The van der Waals surface area contributed by atoms with E-state index in [1.165, 1.54) is 0 Å². The Bertz CT molecular complexity index is 282. The van der Waals surface area contributed by atoms with Crippen molar-refractivity contribution < 1.29 is 19.0 Å². The van der Waals surface area contributed by atoms with Crippen LogP contribution in [0.3, 0.4) is 0 Å². The van der Waals surface area contributed by atoms with Crippen LogP contribution in [0.2, 0.25) is 0 Å². The summed E-state index contributed by atoms with van der Waals surface area (Å²) < 4.78 is 25.6. The molecule has 0 aliphatic rings. The second kappa shape index (κ2) is 5.02. The molecule has 0 amide bonds. The van der Waals surface area contributed by atoms with Crippen LogP contribution in [0.1, 0.15) is 11.1 Å². The first kappa shape index (κ1) is 11.1. The zero-order valence-electron chi connectivity index (χ0n) is 7.63. The van der Waals surface area contributed by atoms with Crippen LogP contribution >= 0.6 is 0 Å². The third kappa shape index (κ3) is 2.49. The van der Waals surface area contributed by atoms with Crippen molar-refractivity contribution in [2.24, 2.45) is 0 Å². The first-order valence-electron chi connectivity index (χ1n) is 4.37. The molecule has 0 spiro atoms. The van der Waals surface area contributed by atoms with Crippen molar-refractivity contribution in [1.82, 2.24) is 0 Å². The molecule has 2 N–H and O–H groups in total. The second-order valence-corrected chi connectivity index (χ2v) is 2.98. The molecule has 0 saturated heterocycles. The Morgan fingerprint density at radius 3 is 1.50 bits per heavy atom. The highest BCUT2D eigenvalue weighted by molar-refractivity contribution is 5.29. The fourth-order valence-electron chi connectivity index (χ4n) is 1.34. The largest absolute Gasteiger partial charge is 0.396 e. The van der Waals surface area contributed by atoms with Crippen molar-refractivity contribution >= 4 is 0 Å². The van der Waals surface area contributed by atoms with Crippen LogP contribution in [0, 0.1) is 11.6 Å². The minimum absolute atomic E-state index is 0.122. The summed E-state index contributed by atoms with van der Waals surface area (Å²) in [6.07, 6.45) is 0.541. The average Bonchev–Trinajstić information content (AvgIpc) is 2.14. The molecule has 4 heteroatoms. The molecule has 0 heterocycles. The van der Waals surface area contributed by atoms with E-state index in [2.05, 4.69) is 0 Å². The van der Waals surface area contributed by atoms with E-state index in [1.54, 1.807) is 0 Å². The molecule has 78 valence electrons. The van der Waals surface area contributed by atoms with Crippen molar-refractivity contribution in [3.63, 3.8) is 0 Å². The van der Waals surface area contributed by atoms with Gasteiger partial charge in [-0.2, -0.15) is 0 Å². The number of aliphatic hydroxyl groups excluding tert-OH is 2. The van der Waals surface area contributed by atoms with Gasteiger partial charge in [0, 0.05) is 13.2 Å². The highest BCUT2D eigenvalue weighted by atomic mass is 19.2. The number of halogens is 2. The standard InChI is InChI=1S/C10H12F2O2/c11-9-5-7(1-3-13)8(2-4-14)6-10(9)12/h5-6,13-14H,1-4H2. The van der Waals surface area contributed by atoms with Crippen molar-refractivity contribution in [1.29, 1.82) is 0 Å². The van der Waals surface area contributed by atoms with Gasteiger partial charge in [-0.15, -0.1) is 0 Å². The maximum absolute atomic E-state index is 12.8. The van der Waals surface area contributed by atoms with Crippen LogP contribution in [0.4, 0.5) is 8.78 Å². The van der Waals surface area contributed by atoms with E-state index in [0.717, 1.165) is 12.1 Å². The molecule has 0 aliphatic carbocycles. The van der Waals surface area contributed by atoms with E-state index in [0.29, 0.717) is 11.1 Å². The summed E-state index contributed by atoms with van der Waals surface area (Å²) in [5, 5.41) is 17.4. The first-order valence-corrected chi connectivity index (χ1v) is 4.37. The predicted molar refractivity (Wildman–Crippen MR) is 47.9 cm³/mol. The fraction of sp³-hybridized carbons (Fsp3) is 0.400. The molecule has 1 aromatic rings. The molecule has 0 bridgehead atoms. The number of rotatable bonds is 4. The summed E-state index contributed by atoms with van der Waals surface area (Å²) in [5.74, 6) is -1.84. The van der Waals surface area contributed by atoms with Gasteiger partial charge in [-0.05, 0) is 36.1 Å². The predicted octanol–water partition coefficient (Wildman–Crippen LogP) is 1.03. The summed E-state index contributed by atoms with van der Waals surface area (Å²) in [5.41, 5.74) is 1.08. The van der Waals surface area contributed by atoms with Crippen LogP contribution < -0.4 is 0 Å². The first-order chi connectivity index (χ1) is 6.69. The molecule has 0 saturated carbocycles. The van der Waals surface area contributed by atoms with Crippen molar-refractivity contribution in [3.05, 3.63) is 34.9 Å². The van der Waals surface area contributed by atoms with E-state index in [1.807, 2.05) is 0 Å². The van der Waals surface area contributed by atoms with E-state index >= 15 is 0 Å². The molecular formula is C10H12F2O2. The number of aliphatic hydroxyl groups is 2. The van der Waals surface area contributed by atoms with E-state index in [4.69, 9.17) is 10.2 Å². The maximum Gasteiger partial charge on any atom is 0.159 e. The summed E-state index contributed by atoms with van der Waals surface area (Å²) in [6, 6.07) is 2.13. The van der Waals surface area contributed by atoms with Gasteiger partial charge in [0.1, 0.15) is 0 Å². The molecule has 2 nitrogen and oxygen atoms in total. The quantitative estimate of drug-likeness (QED) is 0.765. The number of hydrogen-bond acceptors (Lipinski definition) is 2. The normalized spacial score (nSPS) is 10.6. The summed E-state index contributed by atoms with van der Waals surface area (Å²) in [6.45, 7) is -0.243. The molecule has 1 rings (SSSR count). The van der Waals surface area contributed by atoms with Gasteiger partial charge in [0.2, 0.25) is 0 Å². The lowest BCUT2D eigenvalue weighted by molar-refractivity contribution is 0.292. The minimum atomic E-state index is -0.921. The smallest absolute Gasteiger partial charge is 0.159 e. The Morgan fingerprint density at radius 1 is 0.857 bits per heavy atom. The van der Waals surface area contributed by atoms with Crippen LogP contribution in [0.15, 0.2) is 12.1 Å². The maximum atomic E-state index is 12.8. The highest BCUT2D eigenvalue weighted by Crippen LogP contribution is 2.16. The Labute approximate surface area is 80.8 Å². The Morgan fingerprint density at radius 2 is 1.21 bits per heavy atom. The van der Waals surface area contributed by atoms with Crippen LogP contribution in [0.5, 0.6) is 0 Å². The number of benzene rings is 1. The number of hydrogen-bond donors (Lipinski definition) is 2. The minimum Gasteiger partial charge on any atom is -0.396 e. The molecule has 1 aromatic carbocycles. The Hall–Kier alpha value is -1.00. The lowest BCUT2D eigenvalue weighted by atomic mass is 10.0. The summed E-state index contributed by atoms with van der Waals surface area (Å²) in [4.78, 5) is 0. The summed E-state index contributed by atoms with van der Waals surface area (Å²) in [7, 11) is 0. The van der Waals surface area contributed by atoms with Gasteiger partial charge >= 0.3 is 0 Å². The Kier molecular flexibility index (Phi) is 3.98. The van der Waals surface area contributed by atoms with Gasteiger partial charge in [0.25, 0.3) is 0 Å². The van der Waals surface area contributed by atoms with Crippen molar-refractivity contribution in [2.45, 2.75) is 12.8 Å². The molecule has 0 unspecified atom stereocenters. The Balaban J connectivity index is 3.03. The van der Waals surface area contributed by atoms with Gasteiger partial charge in [0.05, 0.1) is 0 Å². The molecule has 0 fully saturated rings. The molecule has 14 heavy (non-hydrogen) atoms. The van der Waals surface area contributed by atoms with E-state index in [9.17, 15) is 8.78 Å². The highest BCUT2D eigenvalue weighted by Gasteiger charge is 2.08. The van der Waals surface area contributed by atoms with Crippen LogP contribution in [-0.2, 0) is 12.8 Å². The van der Waals surface area contributed by atoms with Gasteiger partial charge in [-0.3, -0.25) is 0 Å². The van der Waals surface area contributed by atoms with Crippen molar-refractivity contribution in [3.8, 4) is 0 Å². The molecule has 0 atom stereocenters. The zero-order chi connectivity index (χ0) is 10.6.